The molecule has 0 bridgehead atoms. The highest BCUT2D eigenvalue weighted by Crippen LogP contribution is 2.08. The summed E-state index contributed by atoms with van der Waals surface area (Å²) in [6, 6.07) is -2.59. The number of carbonyl (C=O) groups is 4. The van der Waals surface area contributed by atoms with Crippen LogP contribution in [0.3, 0.4) is 0 Å². The van der Waals surface area contributed by atoms with E-state index in [2.05, 4.69) is 16.0 Å². The standard InChI is InChI=1S/C17H32N4O5/c1-6-10(4)14(18)16(24)21-12(7-9(2)3)15(23)19-8-13(22)20-11(5)17(25)26/h9-12,14H,6-8,18H2,1-5H3,(H,19,23)(H,20,22)(H,21,24)(H,25,26). The quantitative estimate of drug-likeness (QED) is 0.333. The molecule has 0 aliphatic carbocycles. The Morgan fingerprint density at radius 2 is 1.58 bits per heavy atom. The highest BCUT2D eigenvalue weighted by atomic mass is 16.4. The first kappa shape index (κ1) is 23.8. The topological polar surface area (TPSA) is 151 Å². The highest BCUT2D eigenvalue weighted by Gasteiger charge is 2.27. The van der Waals surface area contributed by atoms with Gasteiger partial charge >= 0.3 is 5.97 Å². The predicted molar refractivity (Wildman–Crippen MR) is 97.1 cm³/mol. The van der Waals surface area contributed by atoms with Gasteiger partial charge in [0, 0.05) is 0 Å². The van der Waals surface area contributed by atoms with Gasteiger partial charge in [-0.25, -0.2) is 0 Å². The molecule has 4 unspecified atom stereocenters. The van der Waals surface area contributed by atoms with E-state index in [9.17, 15) is 19.2 Å². The molecular formula is C17H32N4O5. The first-order valence-corrected chi connectivity index (χ1v) is 8.85. The Labute approximate surface area is 154 Å². The highest BCUT2D eigenvalue weighted by molar-refractivity contribution is 5.92. The second-order valence-electron chi connectivity index (χ2n) is 6.95. The molecule has 9 nitrogen and oxygen atoms in total. The minimum Gasteiger partial charge on any atom is -0.480 e. The molecule has 0 rings (SSSR count). The average Bonchev–Trinajstić information content (AvgIpc) is 2.56. The fourth-order valence-corrected chi connectivity index (χ4v) is 2.13. The van der Waals surface area contributed by atoms with Gasteiger partial charge in [0.05, 0.1) is 12.6 Å². The van der Waals surface area contributed by atoms with Gasteiger partial charge < -0.3 is 26.8 Å². The van der Waals surface area contributed by atoms with Crippen molar-refractivity contribution in [3.8, 4) is 0 Å². The van der Waals surface area contributed by atoms with Gasteiger partial charge in [-0.15, -0.1) is 0 Å². The van der Waals surface area contributed by atoms with Crippen LogP contribution >= 0.6 is 0 Å². The molecule has 4 atom stereocenters. The third-order valence-corrected chi connectivity index (χ3v) is 4.07. The second-order valence-corrected chi connectivity index (χ2v) is 6.95. The van der Waals surface area contributed by atoms with Crippen LogP contribution in [0, 0.1) is 11.8 Å². The smallest absolute Gasteiger partial charge is 0.325 e. The maximum absolute atomic E-state index is 12.3. The molecule has 0 aromatic rings. The molecule has 0 aliphatic rings. The Morgan fingerprint density at radius 1 is 1.00 bits per heavy atom. The number of carbonyl (C=O) groups excluding carboxylic acids is 3. The van der Waals surface area contributed by atoms with Gasteiger partial charge in [0.2, 0.25) is 17.7 Å². The third-order valence-electron chi connectivity index (χ3n) is 4.07. The summed E-state index contributed by atoms with van der Waals surface area (Å²) in [5.74, 6) is -2.62. The van der Waals surface area contributed by atoms with E-state index in [4.69, 9.17) is 10.8 Å². The summed E-state index contributed by atoms with van der Waals surface area (Å²) in [6.07, 6.45) is 1.12. The van der Waals surface area contributed by atoms with E-state index >= 15 is 0 Å². The van der Waals surface area contributed by atoms with E-state index in [0.717, 1.165) is 6.42 Å². The summed E-state index contributed by atoms with van der Waals surface area (Å²) < 4.78 is 0. The lowest BCUT2D eigenvalue weighted by Gasteiger charge is -2.24. The molecule has 150 valence electrons. The van der Waals surface area contributed by atoms with Crippen LogP contribution in [0.2, 0.25) is 0 Å². The molecular weight excluding hydrogens is 340 g/mol. The van der Waals surface area contributed by atoms with Crippen molar-refractivity contribution >= 4 is 23.7 Å². The second kappa shape index (κ2) is 11.5. The molecule has 9 heteroatoms. The van der Waals surface area contributed by atoms with Crippen LogP contribution in [-0.4, -0.2) is 53.5 Å². The Bertz CT molecular complexity index is 509. The molecule has 0 aromatic carbocycles. The van der Waals surface area contributed by atoms with Crippen LogP contribution in [0.4, 0.5) is 0 Å². The largest absolute Gasteiger partial charge is 0.480 e. The van der Waals surface area contributed by atoms with Crippen LogP contribution < -0.4 is 21.7 Å². The number of carboxylic acids is 1. The molecule has 0 aliphatic heterocycles. The number of rotatable bonds is 11. The number of nitrogens with two attached hydrogens (primary N) is 1. The first-order chi connectivity index (χ1) is 12.0. The van der Waals surface area contributed by atoms with Crippen molar-refractivity contribution in [1.29, 1.82) is 0 Å². The number of amides is 3. The lowest BCUT2D eigenvalue weighted by Crippen LogP contribution is -2.54. The van der Waals surface area contributed by atoms with E-state index in [0.29, 0.717) is 6.42 Å². The van der Waals surface area contributed by atoms with E-state index in [-0.39, 0.29) is 18.4 Å². The van der Waals surface area contributed by atoms with E-state index in [1.165, 1.54) is 6.92 Å². The van der Waals surface area contributed by atoms with Gasteiger partial charge in [0.25, 0.3) is 0 Å². The molecule has 0 aromatic heterocycles. The summed E-state index contributed by atoms with van der Waals surface area (Å²) in [6.45, 7) is 8.53. The van der Waals surface area contributed by atoms with E-state index in [1.54, 1.807) is 0 Å². The van der Waals surface area contributed by atoms with Crippen molar-refractivity contribution in [2.24, 2.45) is 17.6 Å². The Morgan fingerprint density at radius 3 is 2.04 bits per heavy atom. The Kier molecular flexibility index (Phi) is 10.5. The number of carboxylic acid groups (broad SMARTS) is 1. The zero-order valence-corrected chi connectivity index (χ0v) is 16.2. The van der Waals surface area contributed by atoms with Crippen LogP contribution in [0.15, 0.2) is 0 Å². The number of aliphatic carboxylic acids is 1. The summed E-state index contributed by atoms with van der Waals surface area (Å²) >= 11 is 0. The Hall–Kier alpha value is -2.16. The van der Waals surface area contributed by atoms with Gasteiger partial charge in [0.15, 0.2) is 0 Å². The minimum atomic E-state index is -1.17. The molecule has 0 saturated carbocycles. The van der Waals surface area contributed by atoms with Gasteiger partial charge in [-0.1, -0.05) is 34.1 Å². The van der Waals surface area contributed by atoms with E-state index < -0.39 is 41.8 Å². The zero-order chi connectivity index (χ0) is 20.4. The maximum atomic E-state index is 12.3. The van der Waals surface area contributed by atoms with Crippen LogP contribution in [0.1, 0.15) is 47.5 Å². The summed E-state index contributed by atoms with van der Waals surface area (Å²) in [5, 5.41) is 16.1. The number of hydrogen-bond acceptors (Lipinski definition) is 5. The van der Waals surface area contributed by atoms with Crippen molar-refractivity contribution in [2.75, 3.05) is 6.54 Å². The lowest BCUT2D eigenvalue weighted by molar-refractivity contribution is -0.141. The van der Waals surface area contributed by atoms with Crippen molar-refractivity contribution in [2.45, 2.75) is 65.6 Å². The van der Waals surface area contributed by atoms with Crippen molar-refractivity contribution in [1.82, 2.24) is 16.0 Å². The van der Waals surface area contributed by atoms with Crippen molar-refractivity contribution in [3.05, 3.63) is 0 Å². The lowest BCUT2D eigenvalue weighted by atomic mass is 9.98. The molecule has 0 radical (unpaired) electrons. The molecule has 0 fully saturated rings. The van der Waals surface area contributed by atoms with Crippen LogP contribution in [-0.2, 0) is 19.2 Å². The monoisotopic (exact) mass is 372 g/mol. The Balaban J connectivity index is 4.76. The molecule has 0 saturated heterocycles. The first-order valence-electron chi connectivity index (χ1n) is 8.85. The van der Waals surface area contributed by atoms with Gasteiger partial charge in [-0.3, -0.25) is 19.2 Å². The fourth-order valence-electron chi connectivity index (χ4n) is 2.13. The minimum absolute atomic E-state index is 0.0268. The van der Waals surface area contributed by atoms with E-state index in [1.807, 2.05) is 27.7 Å². The maximum Gasteiger partial charge on any atom is 0.325 e. The van der Waals surface area contributed by atoms with Crippen LogP contribution in [0.25, 0.3) is 0 Å². The average molecular weight is 372 g/mol. The summed E-state index contributed by atoms with van der Waals surface area (Å²) in [7, 11) is 0. The van der Waals surface area contributed by atoms with Gasteiger partial charge in [0.1, 0.15) is 12.1 Å². The van der Waals surface area contributed by atoms with Crippen molar-refractivity contribution in [3.63, 3.8) is 0 Å². The van der Waals surface area contributed by atoms with Gasteiger partial charge in [-0.05, 0) is 25.2 Å². The fraction of sp³-hybridized carbons (Fsp3) is 0.765. The summed E-state index contributed by atoms with van der Waals surface area (Å²) in [5.41, 5.74) is 5.89. The zero-order valence-electron chi connectivity index (χ0n) is 16.2. The van der Waals surface area contributed by atoms with Crippen LogP contribution in [0.5, 0.6) is 0 Å². The molecule has 26 heavy (non-hydrogen) atoms. The number of hydrogen-bond donors (Lipinski definition) is 5. The normalized spacial score (nSPS) is 15.5. The molecule has 0 heterocycles. The van der Waals surface area contributed by atoms with Gasteiger partial charge in [-0.2, -0.15) is 0 Å². The third kappa shape index (κ3) is 8.80. The molecule has 0 spiro atoms. The SMILES string of the molecule is CCC(C)C(N)C(=O)NC(CC(C)C)C(=O)NCC(=O)NC(C)C(=O)O. The number of nitrogens with one attached hydrogen (secondary N) is 3. The summed E-state index contributed by atoms with van der Waals surface area (Å²) in [4.78, 5) is 47.0. The molecule has 3 amide bonds. The molecule has 6 N–H and O–H groups in total. The predicted octanol–water partition coefficient (Wildman–Crippen LogP) is -0.404. The van der Waals surface area contributed by atoms with Crippen molar-refractivity contribution < 1.29 is 24.3 Å².